The monoisotopic (exact) mass is 253 g/mol. The van der Waals surface area contributed by atoms with Crippen LogP contribution in [0.25, 0.3) is 0 Å². The van der Waals surface area contributed by atoms with Crippen LogP contribution in [0.15, 0.2) is 10.9 Å². The molecule has 17 heavy (non-hydrogen) atoms. The maximum absolute atomic E-state index is 11.9. The molecule has 0 aliphatic rings. The molecule has 1 aromatic heterocycles. The predicted molar refractivity (Wildman–Crippen MR) is 48.3 cm³/mol. The van der Waals surface area contributed by atoms with Gasteiger partial charge in [-0.3, -0.25) is 19.9 Å². The number of aromatic nitrogens is 1. The molecule has 0 aromatic carbocycles. The number of hydrogen-bond donors (Lipinski definition) is 2. The molecule has 0 amide bonds. The lowest BCUT2D eigenvalue weighted by atomic mass is 10.2. The van der Waals surface area contributed by atoms with Crippen molar-refractivity contribution in [1.82, 2.24) is 4.98 Å². The molecule has 0 atom stereocenters. The number of pyridine rings is 1. The number of nitrogens with one attached hydrogen (secondary N) is 1. The number of halogens is 3. The van der Waals surface area contributed by atoms with Crippen molar-refractivity contribution >= 4 is 5.69 Å². The minimum absolute atomic E-state index is 0.325. The molecular weight excluding hydrogens is 247 g/mol. The predicted octanol–water partition coefficient (Wildman–Crippen LogP) is 0.640. The van der Waals surface area contributed by atoms with Crippen molar-refractivity contribution < 1.29 is 22.8 Å². The van der Waals surface area contributed by atoms with Gasteiger partial charge in [0.25, 0.3) is 0 Å². The van der Waals surface area contributed by atoms with Crippen LogP contribution in [0, 0.1) is 10.1 Å². The van der Waals surface area contributed by atoms with Crippen LogP contribution in [-0.2, 0) is 6.54 Å². The van der Waals surface area contributed by atoms with Crippen molar-refractivity contribution in [3.63, 3.8) is 0 Å². The fourth-order valence-corrected chi connectivity index (χ4v) is 1.04. The average molecular weight is 253 g/mol. The summed E-state index contributed by atoms with van der Waals surface area (Å²) in [7, 11) is 0. The lowest BCUT2D eigenvalue weighted by Crippen LogP contribution is -2.23. The Kier molecular flexibility index (Phi) is 3.36. The first-order valence-corrected chi connectivity index (χ1v) is 4.11. The second-order valence-electron chi connectivity index (χ2n) is 2.85. The molecule has 0 spiro atoms. The van der Waals surface area contributed by atoms with Crippen LogP contribution in [0.5, 0.6) is 5.88 Å². The number of ether oxygens (including phenoxy) is 1. The van der Waals surface area contributed by atoms with Crippen molar-refractivity contribution in [1.29, 1.82) is 0 Å². The summed E-state index contributed by atoms with van der Waals surface area (Å²) in [6.07, 6.45) is -5.02. The average Bonchev–Trinajstić information content (AvgIpc) is 2.14. The lowest BCUT2D eigenvalue weighted by molar-refractivity contribution is -0.386. The molecule has 0 aliphatic heterocycles. The Bertz CT molecular complexity index is 496. The molecule has 0 saturated carbocycles. The van der Waals surface area contributed by atoms with Gasteiger partial charge in [0.05, 0.1) is 4.92 Å². The van der Waals surface area contributed by atoms with E-state index in [4.69, 9.17) is 5.73 Å². The molecular formula is C7H6F3N3O4. The van der Waals surface area contributed by atoms with Crippen molar-refractivity contribution in [2.24, 2.45) is 5.73 Å². The van der Waals surface area contributed by atoms with Crippen molar-refractivity contribution in [3.05, 3.63) is 32.1 Å². The fourth-order valence-electron chi connectivity index (χ4n) is 1.04. The topological polar surface area (TPSA) is 111 Å². The molecule has 0 radical (unpaired) electrons. The van der Waals surface area contributed by atoms with E-state index in [-0.39, 0.29) is 5.56 Å². The Balaban J connectivity index is 3.29. The highest BCUT2D eigenvalue weighted by atomic mass is 19.4. The SMILES string of the molecule is NCc1cc([N+](=O)[O-])c(=O)[nH]c1OC(F)(F)F. The lowest BCUT2D eigenvalue weighted by Gasteiger charge is -2.11. The first kappa shape index (κ1) is 13.0. The van der Waals surface area contributed by atoms with Gasteiger partial charge in [0, 0.05) is 18.2 Å². The van der Waals surface area contributed by atoms with E-state index in [2.05, 4.69) is 4.74 Å². The highest BCUT2D eigenvalue weighted by molar-refractivity contribution is 5.37. The minimum Gasteiger partial charge on any atom is -0.389 e. The number of rotatable bonds is 3. The number of nitrogens with zero attached hydrogens (tertiary/aromatic N) is 1. The molecule has 0 bridgehead atoms. The van der Waals surface area contributed by atoms with Crippen LogP contribution in [0.4, 0.5) is 18.9 Å². The highest BCUT2D eigenvalue weighted by Crippen LogP contribution is 2.24. The molecule has 94 valence electrons. The van der Waals surface area contributed by atoms with Gasteiger partial charge < -0.3 is 10.5 Å². The summed E-state index contributed by atoms with van der Waals surface area (Å²) < 4.78 is 39.3. The minimum atomic E-state index is -5.02. The van der Waals surface area contributed by atoms with Crippen LogP contribution in [0.2, 0.25) is 0 Å². The molecule has 3 N–H and O–H groups in total. The van der Waals surface area contributed by atoms with Crippen molar-refractivity contribution in [2.45, 2.75) is 12.9 Å². The standard InChI is InChI=1S/C7H6F3N3O4/c8-7(9,10)17-6-3(2-11)1-4(13(15)16)5(14)12-6/h1H,2,11H2,(H,12,14). The Morgan fingerprint density at radius 2 is 2.12 bits per heavy atom. The number of H-pyrrole nitrogens is 1. The first-order valence-electron chi connectivity index (χ1n) is 4.11. The molecule has 0 saturated heterocycles. The van der Waals surface area contributed by atoms with E-state index in [1.54, 1.807) is 4.98 Å². The van der Waals surface area contributed by atoms with E-state index >= 15 is 0 Å². The summed E-state index contributed by atoms with van der Waals surface area (Å²) in [5.74, 6) is -0.949. The van der Waals surface area contributed by atoms with E-state index < -0.39 is 35.0 Å². The van der Waals surface area contributed by atoms with Gasteiger partial charge in [-0.2, -0.15) is 0 Å². The summed E-state index contributed by atoms with van der Waals surface area (Å²) in [5.41, 5.74) is 2.57. The fraction of sp³-hybridized carbons (Fsp3) is 0.286. The molecule has 1 aromatic rings. The second kappa shape index (κ2) is 4.41. The van der Waals surface area contributed by atoms with Crippen LogP contribution in [0.1, 0.15) is 5.56 Å². The van der Waals surface area contributed by atoms with E-state index in [0.29, 0.717) is 6.07 Å². The summed E-state index contributed by atoms with van der Waals surface area (Å²) in [6, 6.07) is 0.639. The van der Waals surface area contributed by atoms with E-state index in [1.165, 1.54) is 0 Å². The molecule has 10 heteroatoms. The largest absolute Gasteiger partial charge is 0.574 e. The van der Waals surface area contributed by atoms with E-state index in [9.17, 15) is 28.1 Å². The maximum Gasteiger partial charge on any atom is 0.574 e. The highest BCUT2D eigenvalue weighted by Gasteiger charge is 2.33. The Hall–Kier alpha value is -2.10. The maximum atomic E-state index is 11.9. The zero-order valence-corrected chi connectivity index (χ0v) is 8.08. The zero-order valence-electron chi connectivity index (χ0n) is 8.08. The summed E-state index contributed by atoms with van der Waals surface area (Å²) in [5, 5.41) is 10.4. The quantitative estimate of drug-likeness (QED) is 0.606. The zero-order chi connectivity index (χ0) is 13.2. The Morgan fingerprint density at radius 3 is 2.53 bits per heavy atom. The molecule has 1 heterocycles. The third kappa shape index (κ3) is 3.17. The van der Waals surface area contributed by atoms with Crippen LogP contribution in [0.3, 0.4) is 0 Å². The van der Waals surface area contributed by atoms with Gasteiger partial charge in [-0.15, -0.1) is 13.2 Å². The summed E-state index contributed by atoms with van der Waals surface area (Å²) in [4.78, 5) is 22.0. The number of aromatic amines is 1. The van der Waals surface area contributed by atoms with Crippen molar-refractivity contribution in [3.8, 4) is 5.88 Å². The van der Waals surface area contributed by atoms with Gasteiger partial charge in [0.1, 0.15) is 0 Å². The van der Waals surface area contributed by atoms with Crippen LogP contribution >= 0.6 is 0 Å². The molecule has 1 rings (SSSR count). The number of nitrogens with two attached hydrogens (primary N) is 1. The van der Waals surface area contributed by atoms with E-state index in [1.807, 2.05) is 0 Å². The van der Waals surface area contributed by atoms with Gasteiger partial charge in [-0.05, 0) is 0 Å². The molecule has 0 fully saturated rings. The van der Waals surface area contributed by atoms with E-state index in [0.717, 1.165) is 0 Å². The number of alkyl halides is 3. The Labute approximate surface area is 91.1 Å². The molecule has 0 unspecified atom stereocenters. The first-order chi connectivity index (χ1) is 7.74. The van der Waals surface area contributed by atoms with Gasteiger partial charge in [0.15, 0.2) is 0 Å². The van der Waals surface area contributed by atoms with Gasteiger partial charge in [0.2, 0.25) is 5.88 Å². The summed E-state index contributed by atoms with van der Waals surface area (Å²) >= 11 is 0. The van der Waals surface area contributed by atoms with Crippen LogP contribution < -0.4 is 16.0 Å². The van der Waals surface area contributed by atoms with Gasteiger partial charge >= 0.3 is 17.6 Å². The second-order valence-corrected chi connectivity index (χ2v) is 2.85. The molecule has 0 aliphatic carbocycles. The normalized spacial score (nSPS) is 11.3. The number of nitro groups is 1. The third-order valence-corrected chi connectivity index (χ3v) is 1.70. The van der Waals surface area contributed by atoms with Gasteiger partial charge in [-0.25, -0.2) is 0 Å². The smallest absolute Gasteiger partial charge is 0.389 e. The summed E-state index contributed by atoms with van der Waals surface area (Å²) in [6.45, 7) is -0.455. The van der Waals surface area contributed by atoms with Crippen molar-refractivity contribution in [2.75, 3.05) is 0 Å². The third-order valence-electron chi connectivity index (χ3n) is 1.70. The molecule has 7 nitrogen and oxygen atoms in total. The number of hydrogen-bond acceptors (Lipinski definition) is 5. The Morgan fingerprint density at radius 1 is 1.53 bits per heavy atom. The van der Waals surface area contributed by atoms with Crippen LogP contribution in [-0.4, -0.2) is 16.3 Å². The van der Waals surface area contributed by atoms with Gasteiger partial charge in [-0.1, -0.05) is 0 Å².